The first-order chi connectivity index (χ1) is 8.58. The second-order valence-corrected chi connectivity index (χ2v) is 4.79. The Morgan fingerprint density at radius 3 is 2.89 bits per heavy atom. The van der Waals surface area contributed by atoms with Crippen molar-refractivity contribution in [2.45, 2.75) is 6.04 Å². The molecule has 1 amide bonds. The molecule has 1 fully saturated rings. The lowest BCUT2D eigenvalue weighted by atomic mass is 10.1. The fourth-order valence-electron chi connectivity index (χ4n) is 1.59. The van der Waals surface area contributed by atoms with E-state index in [1.54, 1.807) is 11.8 Å². The quantitative estimate of drug-likeness (QED) is 0.767. The molecule has 96 valence electrons. The highest BCUT2D eigenvalue weighted by atomic mass is 32.2. The molecular formula is C11H11FN2O3S. The molecule has 1 atom stereocenters. The molecule has 1 aromatic carbocycles. The van der Waals surface area contributed by atoms with Crippen molar-refractivity contribution in [2.24, 2.45) is 0 Å². The molecule has 3 N–H and O–H groups in total. The number of hydrogen-bond donors (Lipinski definition) is 3. The van der Waals surface area contributed by atoms with Crippen molar-refractivity contribution in [2.75, 3.05) is 16.9 Å². The Morgan fingerprint density at radius 1 is 1.50 bits per heavy atom. The number of halogens is 1. The van der Waals surface area contributed by atoms with Crippen LogP contribution >= 0.6 is 11.8 Å². The van der Waals surface area contributed by atoms with Gasteiger partial charge in [-0.3, -0.25) is 10.1 Å². The van der Waals surface area contributed by atoms with Gasteiger partial charge < -0.3 is 10.4 Å². The van der Waals surface area contributed by atoms with Crippen molar-refractivity contribution in [3.8, 4) is 0 Å². The van der Waals surface area contributed by atoms with Crippen LogP contribution in [0.1, 0.15) is 10.4 Å². The van der Waals surface area contributed by atoms with E-state index in [4.69, 9.17) is 5.11 Å². The molecule has 1 aliphatic heterocycles. The number of rotatable bonds is 3. The zero-order chi connectivity index (χ0) is 13.1. The summed E-state index contributed by atoms with van der Waals surface area (Å²) in [6, 6.07) is 2.80. The summed E-state index contributed by atoms with van der Waals surface area (Å²) >= 11 is 1.57. The summed E-state index contributed by atoms with van der Waals surface area (Å²) in [7, 11) is 0. The lowest BCUT2D eigenvalue weighted by Crippen LogP contribution is -2.37. The maximum Gasteiger partial charge on any atom is 0.337 e. The van der Waals surface area contributed by atoms with Crippen LogP contribution in [0, 0.1) is 5.82 Å². The number of nitrogens with one attached hydrogen (secondary N) is 2. The standard InChI is InChI=1S/C11H11FN2O3S/c12-6-1-2-7(11(16)17)8(3-6)14-10(15)9-4-18-5-13-9/h1-3,9,13H,4-5H2,(H,14,15)(H,16,17). The number of carboxylic acids is 1. The Balaban J connectivity index is 2.19. The minimum atomic E-state index is -1.21. The van der Waals surface area contributed by atoms with Crippen LogP contribution in [0.4, 0.5) is 10.1 Å². The number of hydrogen-bond acceptors (Lipinski definition) is 4. The van der Waals surface area contributed by atoms with Gasteiger partial charge in [-0.2, -0.15) is 0 Å². The van der Waals surface area contributed by atoms with E-state index in [9.17, 15) is 14.0 Å². The Kier molecular flexibility index (Phi) is 3.83. The summed E-state index contributed by atoms with van der Waals surface area (Å²) in [5, 5.41) is 14.3. The number of benzene rings is 1. The van der Waals surface area contributed by atoms with Crippen molar-refractivity contribution in [3.63, 3.8) is 0 Å². The van der Waals surface area contributed by atoms with E-state index in [0.29, 0.717) is 11.6 Å². The number of thioether (sulfide) groups is 1. The van der Waals surface area contributed by atoms with Gasteiger partial charge in [0, 0.05) is 11.6 Å². The predicted octanol–water partition coefficient (Wildman–Crippen LogP) is 1.12. The van der Waals surface area contributed by atoms with Crippen molar-refractivity contribution in [1.82, 2.24) is 5.32 Å². The third kappa shape index (κ3) is 2.80. The number of anilines is 1. The van der Waals surface area contributed by atoms with Crippen molar-refractivity contribution >= 4 is 29.3 Å². The molecular weight excluding hydrogens is 259 g/mol. The molecule has 0 radical (unpaired) electrons. The second-order valence-electron chi connectivity index (χ2n) is 3.76. The average molecular weight is 270 g/mol. The molecule has 7 heteroatoms. The predicted molar refractivity (Wildman–Crippen MR) is 66.2 cm³/mol. The van der Waals surface area contributed by atoms with Gasteiger partial charge in [-0.25, -0.2) is 9.18 Å². The van der Waals surface area contributed by atoms with Gasteiger partial charge in [-0.15, -0.1) is 11.8 Å². The van der Waals surface area contributed by atoms with E-state index in [1.807, 2.05) is 0 Å². The van der Waals surface area contributed by atoms with Crippen LogP contribution in [0.5, 0.6) is 0 Å². The summed E-state index contributed by atoms with van der Waals surface area (Å²) in [5.41, 5.74) is -0.151. The number of amides is 1. The largest absolute Gasteiger partial charge is 0.478 e. The molecule has 1 aromatic rings. The van der Waals surface area contributed by atoms with Crippen molar-refractivity contribution in [3.05, 3.63) is 29.6 Å². The van der Waals surface area contributed by atoms with Crippen LogP contribution in [0.15, 0.2) is 18.2 Å². The van der Waals surface area contributed by atoms with Gasteiger partial charge >= 0.3 is 5.97 Å². The topological polar surface area (TPSA) is 78.4 Å². The molecule has 0 spiro atoms. The third-order valence-corrected chi connectivity index (χ3v) is 3.44. The summed E-state index contributed by atoms with van der Waals surface area (Å²) < 4.78 is 13.1. The van der Waals surface area contributed by atoms with E-state index in [-0.39, 0.29) is 23.2 Å². The maximum atomic E-state index is 13.1. The van der Waals surface area contributed by atoms with Crippen LogP contribution in [0.2, 0.25) is 0 Å². The lowest BCUT2D eigenvalue weighted by Gasteiger charge is -2.12. The molecule has 1 saturated heterocycles. The number of carboxylic acid groups (broad SMARTS) is 1. The Bertz CT molecular complexity index is 489. The number of aromatic carboxylic acids is 1. The van der Waals surface area contributed by atoms with Crippen LogP contribution in [0.25, 0.3) is 0 Å². The number of carbonyl (C=O) groups is 2. The van der Waals surface area contributed by atoms with Crippen LogP contribution in [0.3, 0.4) is 0 Å². The average Bonchev–Trinajstić information content (AvgIpc) is 2.81. The van der Waals surface area contributed by atoms with Crippen LogP contribution < -0.4 is 10.6 Å². The van der Waals surface area contributed by atoms with Crippen LogP contribution in [-0.4, -0.2) is 34.7 Å². The molecule has 1 unspecified atom stereocenters. The summed E-state index contributed by atoms with van der Waals surface area (Å²) in [6.07, 6.45) is 0. The van der Waals surface area contributed by atoms with Gasteiger partial charge in [-0.05, 0) is 18.2 Å². The normalized spacial score (nSPS) is 18.6. The van der Waals surface area contributed by atoms with Gasteiger partial charge in [0.2, 0.25) is 5.91 Å². The Hall–Kier alpha value is -1.60. The summed E-state index contributed by atoms with van der Waals surface area (Å²) in [6.45, 7) is 0. The van der Waals surface area contributed by atoms with E-state index in [0.717, 1.165) is 18.2 Å². The van der Waals surface area contributed by atoms with Gasteiger partial charge in [0.05, 0.1) is 17.3 Å². The molecule has 5 nitrogen and oxygen atoms in total. The van der Waals surface area contributed by atoms with E-state index in [1.165, 1.54) is 0 Å². The van der Waals surface area contributed by atoms with Gasteiger partial charge in [-0.1, -0.05) is 0 Å². The Morgan fingerprint density at radius 2 is 2.28 bits per heavy atom. The molecule has 1 heterocycles. The van der Waals surface area contributed by atoms with Gasteiger partial charge in [0.1, 0.15) is 5.82 Å². The van der Waals surface area contributed by atoms with Gasteiger partial charge in [0.25, 0.3) is 0 Å². The smallest absolute Gasteiger partial charge is 0.337 e. The first-order valence-corrected chi connectivity index (χ1v) is 6.38. The SMILES string of the molecule is O=C(O)c1ccc(F)cc1NC(=O)C1CSCN1. The first-order valence-electron chi connectivity index (χ1n) is 5.23. The Labute approximate surface area is 107 Å². The van der Waals surface area contributed by atoms with Crippen molar-refractivity contribution in [1.29, 1.82) is 0 Å². The lowest BCUT2D eigenvalue weighted by molar-refractivity contribution is -0.117. The van der Waals surface area contributed by atoms with E-state index in [2.05, 4.69) is 10.6 Å². The fourth-order valence-corrected chi connectivity index (χ4v) is 2.53. The summed E-state index contributed by atoms with van der Waals surface area (Å²) in [5.74, 6) is -0.868. The highest BCUT2D eigenvalue weighted by molar-refractivity contribution is 7.99. The molecule has 1 aliphatic rings. The zero-order valence-electron chi connectivity index (χ0n) is 9.27. The monoisotopic (exact) mass is 270 g/mol. The minimum Gasteiger partial charge on any atom is -0.478 e. The molecule has 2 rings (SSSR count). The second kappa shape index (κ2) is 5.36. The number of carbonyl (C=O) groups excluding carboxylic acids is 1. The highest BCUT2D eigenvalue weighted by Crippen LogP contribution is 2.19. The first kappa shape index (κ1) is 12.8. The molecule has 0 bridgehead atoms. The van der Waals surface area contributed by atoms with Gasteiger partial charge in [0.15, 0.2) is 0 Å². The molecule has 0 aromatic heterocycles. The third-order valence-electron chi connectivity index (χ3n) is 2.50. The van der Waals surface area contributed by atoms with E-state index >= 15 is 0 Å². The highest BCUT2D eigenvalue weighted by Gasteiger charge is 2.24. The fraction of sp³-hybridized carbons (Fsp3) is 0.273. The maximum absolute atomic E-state index is 13.1. The van der Waals surface area contributed by atoms with Crippen molar-refractivity contribution < 1.29 is 19.1 Å². The molecule has 0 saturated carbocycles. The van der Waals surface area contributed by atoms with E-state index < -0.39 is 11.8 Å². The molecule has 18 heavy (non-hydrogen) atoms. The molecule has 0 aliphatic carbocycles. The minimum absolute atomic E-state index is 0.0220. The summed E-state index contributed by atoms with van der Waals surface area (Å²) in [4.78, 5) is 22.7. The van der Waals surface area contributed by atoms with Crippen LogP contribution in [-0.2, 0) is 4.79 Å². The zero-order valence-corrected chi connectivity index (χ0v) is 10.1.